The van der Waals surface area contributed by atoms with Crippen molar-refractivity contribution in [3.8, 4) is 51.7 Å². The minimum absolute atomic E-state index is 0.0202. The molecule has 0 N–H and O–H groups in total. The van der Waals surface area contributed by atoms with Gasteiger partial charge in [0, 0.05) is 47.2 Å². The smallest absolute Gasteiger partial charge is 0.343 e. The molecule has 7 aromatic carbocycles. The zero-order valence-electron chi connectivity index (χ0n) is 71.6. The van der Waals surface area contributed by atoms with Gasteiger partial charge in [-0.1, -0.05) is 70.2 Å². The van der Waals surface area contributed by atoms with Gasteiger partial charge in [0.25, 0.3) is 0 Å². The van der Waals surface area contributed by atoms with Gasteiger partial charge in [0.05, 0.1) is 85.1 Å². The van der Waals surface area contributed by atoms with Crippen molar-refractivity contribution in [1.82, 2.24) is 0 Å². The summed E-state index contributed by atoms with van der Waals surface area (Å²) < 4.78 is 68.6. The first kappa shape index (κ1) is 96.9. The van der Waals surface area contributed by atoms with Crippen LogP contribution in [0.25, 0.3) is 45.2 Å². The molecule has 642 valence electrons. The molecule has 9 rings (SSSR count). The van der Waals surface area contributed by atoms with Crippen molar-refractivity contribution in [2.75, 3.05) is 53.9 Å². The Morgan fingerprint density at radius 1 is 0.372 bits per heavy atom. The standard InChI is InChI=1S/C30H38O8.C28H32O7.C24H25NO4.C15H16O4/c1-6-30(2,3)29(33)37-20-10-8-7-9-19-36-24-15-13-23(14-16-24)28(32)38-25-17-11-22(21-26(25)34-4)12-18-27(31)35-5;1-4-28(2,3)27(31)33-18-8-6-5-7-17-32-22-13-10-21(11-14-22)26(30)34-23-15-9-20-12-16-25(29)35-24(20)19-23;1-4-24(2,3)23(27)29-16-15-28-22(26)14-9-18-5-10-20(11-6-18)21-12-7-19(17-25)8-13-21;1-4-15(2,3)14(17)18-11-7-5-10-6-8-13(16)19-12(10)9-11/h11-18,21H,6-10,19-20H2,1-5H3;9-16,19H,4-8,17-18H2,1-3H3;5-14H,4,15-16H2,1-3H3;5-9H,4H2,1-3H3/b18-12+;;14-9+;. The molecule has 0 saturated heterocycles. The predicted molar refractivity (Wildman–Crippen MR) is 461 cm³/mol. The Morgan fingerprint density at radius 3 is 1.20 bits per heavy atom. The lowest BCUT2D eigenvalue weighted by Gasteiger charge is -2.20. The van der Waals surface area contributed by atoms with Gasteiger partial charge in [0.15, 0.2) is 11.5 Å². The van der Waals surface area contributed by atoms with Crippen LogP contribution in [-0.4, -0.2) is 102 Å². The summed E-state index contributed by atoms with van der Waals surface area (Å²) in [4.78, 5) is 118. The molecule has 0 unspecified atom stereocenters. The fourth-order valence-electron chi connectivity index (χ4n) is 10.3. The Labute approximate surface area is 707 Å². The number of unbranched alkanes of at least 4 members (excludes halogenated alkanes) is 6. The molecular weight excluding hydrogens is 1550 g/mol. The maximum atomic E-state index is 12.6. The highest BCUT2D eigenvalue weighted by molar-refractivity contribution is 5.93. The largest absolute Gasteiger partial charge is 0.494 e. The van der Waals surface area contributed by atoms with Crippen LogP contribution >= 0.6 is 0 Å². The van der Waals surface area contributed by atoms with Gasteiger partial charge in [-0.25, -0.2) is 28.8 Å². The van der Waals surface area contributed by atoms with E-state index in [9.17, 15) is 47.9 Å². The molecule has 24 heteroatoms. The van der Waals surface area contributed by atoms with E-state index in [1.165, 1.54) is 44.6 Å². The summed E-state index contributed by atoms with van der Waals surface area (Å²) in [6.07, 6.45) is 16.1. The Balaban J connectivity index is 0.000000256. The summed E-state index contributed by atoms with van der Waals surface area (Å²) in [7, 11) is 2.77. The Morgan fingerprint density at radius 2 is 0.752 bits per heavy atom. The van der Waals surface area contributed by atoms with Crippen molar-refractivity contribution in [2.45, 2.75) is 160 Å². The summed E-state index contributed by atoms with van der Waals surface area (Å²) >= 11 is 0. The molecule has 2 aromatic heterocycles. The van der Waals surface area contributed by atoms with Crippen molar-refractivity contribution < 1.29 is 99.3 Å². The molecule has 2 heterocycles. The first-order valence-corrected chi connectivity index (χ1v) is 40.4. The van der Waals surface area contributed by atoms with Gasteiger partial charge in [0.2, 0.25) is 0 Å². The predicted octanol–water partition coefficient (Wildman–Crippen LogP) is 19.8. The number of ether oxygens (including phenoxy) is 11. The number of esters is 8. The first-order valence-electron chi connectivity index (χ1n) is 40.4. The molecule has 0 radical (unpaired) electrons. The van der Waals surface area contributed by atoms with Crippen LogP contribution in [0.3, 0.4) is 0 Å². The molecule has 0 aliphatic rings. The van der Waals surface area contributed by atoms with E-state index >= 15 is 0 Å². The van der Waals surface area contributed by atoms with Crippen molar-refractivity contribution in [1.29, 1.82) is 5.26 Å². The van der Waals surface area contributed by atoms with E-state index in [-0.39, 0.29) is 42.8 Å². The first-order chi connectivity index (χ1) is 57.7. The fourth-order valence-corrected chi connectivity index (χ4v) is 10.3. The van der Waals surface area contributed by atoms with E-state index in [1.807, 2.05) is 119 Å². The SMILES string of the molecule is CCC(C)(C)C(=O)OCCCCCCOc1ccc(C(=O)Oc2ccc(/C=C/C(=O)OC)cc2OC)cc1.CCC(C)(C)C(=O)OCCCCCCOc1ccc(C(=O)Oc2ccc3ccc(=O)oc3c2)cc1.CCC(C)(C)C(=O)OCCOC(=O)/C=C/c1ccc(-c2ccc(C#N)cc2)cc1.CCC(C)(C)C(=O)Oc1ccc2ccc(=O)oc2c1. The van der Waals surface area contributed by atoms with E-state index in [2.05, 4.69) is 10.8 Å². The number of benzene rings is 7. The van der Waals surface area contributed by atoms with Crippen LogP contribution in [-0.2, 0) is 52.5 Å². The average molecular weight is 1660 g/mol. The van der Waals surface area contributed by atoms with E-state index in [4.69, 9.17) is 61.5 Å². The molecule has 0 aliphatic carbocycles. The second-order valence-corrected chi connectivity index (χ2v) is 30.6. The third-order valence-electron chi connectivity index (χ3n) is 19.9. The third kappa shape index (κ3) is 33.1. The minimum atomic E-state index is -0.535. The molecule has 9 aromatic rings. The number of carbonyl (C=O) groups is 8. The van der Waals surface area contributed by atoms with Crippen LogP contribution in [0.5, 0.6) is 34.5 Å². The molecule has 0 atom stereocenters. The van der Waals surface area contributed by atoms with Gasteiger partial charge < -0.3 is 60.9 Å². The van der Waals surface area contributed by atoms with E-state index in [0.717, 1.165) is 91.7 Å². The fraction of sp³-hybridized carbons (Fsp3) is 0.371. The number of rotatable bonds is 38. The molecule has 0 aliphatic heterocycles. The molecule has 24 nitrogen and oxygen atoms in total. The van der Waals surface area contributed by atoms with E-state index < -0.39 is 56.8 Å². The summed E-state index contributed by atoms with van der Waals surface area (Å²) in [5.74, 6) is -0.264. The summed E-state index contributed by atoms with van der Waals surface area (Å²) in [6, 6.07) is 51.4. The van der Waals surface area contributed by atoms with Crippen molar-refractivity contribution in [3.05, 3.63) is 237 Å². The average Bonchev–Trinajstić information content (AvgIpc) is 0.825. The summed E-state index contributed by atoms with van der Waals surface area (Å²) in [6.45, 7) is 24.8. The molecule has 0 bridgehead atoms. The van der Waals surface area contributed by atoms with E-state index in [0.29, 0.717) is 101 Å². The Kier molecular flexibility index (Phi) is 39.1. The second kappa shape index (κ2) is 48.8. The monoisotopic (exact) mass is 1660 g/mol. The van der Waals surface area contributed by atoms with Gasteiger partial charge in [-0.05, 0) is 276 Å². The van der Waals surface area contributed by atoms with Crippen LogP contribution in [0.2, 0.25) is 0 Å². The highest BCUT2D eigenvalue weighted by Gasteiger charge is 2.30. The number of hydrogen-bond donors (Lipinski definition) is 0. The van der Waals surface area contributed by atoms with Gasteiger partial charge in [0.1, 0.15) is 47.4 Å². The number of fused-ring (bicyclic) bond motifs is 2. The van der Waals surface area contributed by atoms with Crippen molar-refractivity contribution in [2.24, 2.45) is 21.7 Å². The van der Waals surface area contributed by atoms with Crippen molar-refractivity contribution >= 4 is 81.8 Å². The highest BCUT2D eigenvalue weighted by Crippen LogP contribution is 2.32. The normalized spacial score (nSPS) is 11.2. The van der Waals surface area contributed by atoms with Crippen LogP contribution in [0.15, 0.2) is 207 Å². The Bertz CT molecular complexity index is 5120. The van der Waals surface area contributed by atoms with Gasteiger partial charge in [-0.2, -0.15) is 5.26 Å². The number of methoxy groups -OCH3 is 2. The minimum Gasteiger partial charge on any atom is -0.494 e. The lowest BCUT2D eigenvalue weighted by Crippen LogP contribution is -2.28. The Hall–Kier alpha value is -12.9. The van der Waals surface area contributed by atoms with E-state index in [1.54, 1.807) is 133 Å². The summed E-state index contributed by atoms with van der Waals surface area (Å²) in [5.41, 5.74) is 2.91. The highest BCUT2D eigenvalue weighted by atomic mass is 16.6. The number of hydrogen-bond acceptors (Lipinski definition) is 24. The van der Waals surface area contributed by atoms with Gasteiger partial charge in [-0.15, -0.1) is 0 Å². The molecular formula is C97H111NO23. The van der Waals surface area contributed by atoms with Gasteiger partial charge in [-0.3, -0.25) is 19.2 Å². The zero-order valence-corrected chi connectivity index (χ0v) is 71.6. The van der Waals surface area contributed by atoms with Crippen LogP contribution in [0.4, 0.5) is 0 Å². The lowest BCUT2D eigenvalue weighted by molar-refractivity contribution is -0.158. The zero-order chi connectivity index (χ0) is 88.6. The third-order valence-corrected chi connectivity index (χ3v) is 19.9. The molecule has 0 fully saturated rings. The van der Waals surface area contributed by atoms with Crippen LogP contribution in [0.1, 0.15) is 198 Å². The molecule has 0 amide bonds. The molecule has 0 spiro atoms. The lowest BCUT2D eigenvalue weighted by atomic mass is 9.91. The van der Waals surface area contributed by atoms with Crippen molar-refractivity contribution in [3.63, 3.8) is 0 Å². The second-order valence-electron chi connectivity index (χ2n) is 30.6. The number of nitrogens with zero attached hydrogens (tertiary/aromatic N) is 1. The quantitative estimate of drug-likeness (QED) is 0.00866. The molecule has 0 saturated carbocycles. The van der Waals surface area contributed by atoms with Crippen LogP contribution < -0.4 is 39.7 Å². The topological polar surface area (TPSA) is 322 Å². The number of carbonyl (C=O) groups excluding carboxylic acids is 8. The molecule has 121 heavy (non-hydrogen) atoms. The van der Waals surface area contributed by atoms with Crippen LogP contribution in [0, 0.1) is 33.0 Å². The maximum Gasteiger partial charge on any atom is 0.343 e. The maximum absolute atomic E-state index is 12.6. The van der Waals surface area contributed by atoms with Gasteiger partial charge >= 0.3 is 59.0 Å². The number of nitriles is 1. The summed E-state index contributed by atoms with van der Waals surface area (Å²) in [5, 5.41) is 10.4.